The summed E-state index contributed by atoms with van der Waals surface area (Å²) in [5.41, 5.74) is -0.409. The summed E-state index contributed by atoms with van der Waals surface area (Å²) in [5, 5.41) is 9.87. The van der Waals surface area contributed by atoms with E-state index in [9.17, 15) is 5.11 Å². The Labute approximate surface area is 85.7 Å². The predicted octanol–water partition coefficient (Wildman–Crippen LogP) is 1.59. The monoisotopic (exact) mass is 203 g/mol. The Bertz CT molecular complexity index is 150. The molecule has 1 aliphatic rings. The van der Waals surface area contributed by atoms with Gasteiger partial charge in [-0.25, -0.2) is 0 Å². The highest BCUT2D eigenvalue weighted by atomic mass is 32.2. The number of hydrogen-bond acceptors (Lipinski definition) is 3. The topological polar surface area (TPSA) is 23.5 Å². The van der Waals surface area contributed by atoms with Crippen molar-refractivity contribution in [3.05, 3.63) is 0 Å². The van der Waals surface area contributed by atoms with Gasteiger partial charge in [0.2, 0.25) is 0 Å². The van der Waals surface area contributed by atoms with Gasteiger partial charge in [-0.3, -0.25) is 0 Å². The van der Waals surface area contributed by atoms with E-state index in [0.717, 1.165) is 32.4 Å². The third-order valence-electron chi connectivity index (χ3n) is 2.77. The smallest absolute Gasteiger partial charge is 0.0632 e. The minimum Gasteiger partial charge on any atom is -0.390 e. The Morgan fingerprint density at radius 3 is 2.85 bits per heavy atom. The quantitative estimate of drug-likeness (QED) is 0.753. The molecule has 1 aliphatic heterocycles. The van der Waals surface area contributed by atoms with Gasteiger partial charge in [0.05, 0.1) is 5.60 Å². The zero-order valence-corrected chi connectivity index (χ0v) is 9.57. The molecule has 1 fully saturated rings. The summed E-state index contributed by atoms with van der Waals surface area (Å²) in [6.45, 7) is 5.37. The van der Waals surface area contributed by atoms with Crippen LogP contribution in [0.5, 0.6) is 0 Å². The van der Waals surface area contributed by atoms with Gasteiger partial charge in [0, 0.05) is 18.8 Å². The first kappa shape index (κ1) is 11.3. The second kappa shape index (κ2) is 5.23. The first-order valence-electron chi connectivity index (χ1n) is 5.08. The van der Waals surface area contributed by atoms with E-state index in [1.165, 1.54) is 12.3 Å². The van der Waals surface area contributed by atoms with Gasteiger partial charge in [-0.1, -0.05) is 0 Å². The molecule has 2 nitrogen and oxygen atoms in total. The van der Waals surface area contributed by atoms with Crippen LogP contribution in [-0.2, 0) is 0 Å². The molecule has 0 aromatic heterocycles. The van der Waals surface area contributed by atoms with Crippen molar-refractivity contribution >= 4 is 11.8 Å². The molecular weight excluding hydrogens is 182 g/mol. The largest absolute Gasteiger partial charge is 0.390 e. The Morgan fingerprint density at radius 1 is 1.38 bits per heavy atom. The Morgan fingerprint density at radius 2 is 2.15 bits per heavy atom. The fourth-order valence-electron chi connectivity index (χ4n) is 1.76. The summed E-state index contributed by atoms with van der Waals surface area (Å²) in [6, 6.07) is 0. The maximum atomic E-state index is 9.87. The van der Waals surface area contributed by atoms with E-state index in [4.69, 9.17) is 0 Å². The average Bonchev–Trinajstić information content (AvgIpc) is 2.23. The lowest BCUT2D eigenvalue weighted by Gasteiger charge is -2.22. The molecule has 0 spiro atoms. The average molecular weight is 203 g/mol. The predicted molar refractivity (Wildman–Crippen MR) is 59.3 cm³/mol. The van der Waals surface area contributed by atoms with Crippen LogP contribution in [0.25, 0.3) is 0 Å². The molecule has 1 rings (SSSR count). The molecular formula is C10H21NOS. The van der Waals surface area contributed by atoms with Crippen LogP contribution >= 0.6 is 11.8 Å². The van der Waals surface area contributed by atoms with Crippen LogP contribution in [0.2, 0.25) is 0 Å². The van der Waals surface area contributed by atoms with Crippen LogP contribution in [-0.4, -0.2) is 47.3 Å². The van der Waals surface area contributed by atoms with Gasteiger partial charge < -0.3 is 10.0 Å². The van der Waals surface area contributed by atoms with Crippen molar-refractivity contribution < 1.29 is 5.11 Å². The number of aliphatic hydroxyl groups is 1. The van der Waals surface area contributed by atoms with Crippen LogP contribution in [0.4, 0.5) is 0 Å². The third kappa shape index (κ3) is 4.34. The molecule has 0 bridgehead atoms. The molecule has 0 aromatic rings. The molecule has 0 saturated carbocycles. The summed E-state index contributed by atoms with van der Waals surface area (Å²) >= 11 is 1.90. The van der Waals surface area contributed by atoms with Crippen LogP contribution in [0.3, 0.4) is 0 Å². The number of rotatable bonds is 3. The maximum absolute atomic E-state index is 9.87. The lowest BCUT2D eigenvalue weighted by atomic mass is 9.98. The van der Waals surface area contributed by atoms with Crippen molar-refractivity contribution in [2.24, 2.45) is 0 Å². The van der Waals surface area contributed by atoms with Gasteiger partial charge in [-0.05, 0) is 39.0 Å². The van der Waals surface area contributed by atoms with Gasteiger partial charge in [-0.15, -0.1) is 0 Å². The zero-order chi connectivity index (χ0) is 9.73. The minimum atomic E-state index is -0.409. The molecule has 1 unspecified atom stereocenters. The standard InChI is InChI=1S/C10H21NOS/c1-10(12)4-3-6-11(7-5-10)8-9-13-2/h12H,3-9H2,1-2H3. The normalized spacial score (nSPS) is 31.6. The van der Waals surface area contributed by atoms with E-state index in [2.05, 4.69) is 11.2 Å². The van der Waals surface area contributed by atoms with Crippen LogP contribution in [0.15, 0.2) is 0 Å². The fraction of sp³-hybridized carbons (Fsp3) is 1.00. The lowest BCUT2D eigenvalue weighted by molar-refractivity contribution is 0.0449. The highest BCUT2D eigenvalue weighted by molar-refractivity contribution is 7.98. The first-order valence-corrected chi connectivity index (χ1v) is 6.47. The van der Waals surface area contributed by atoms with Crippen LogP contribution < -0.4 is 0 Å². The van der Waals surface area contributed by atoms with Crippen molar-refractivity contribution in [1.82, 2.24) is 4.90 Å². The van der Waals surface area contributed by atoms with E-state index in [0.29, 0.717) is 0 Å². The minimum absolute atomic E-state index is 0.409. The summed E-state index contributed by atoms with van der Waals surface area (Å²) in [4.78, 5) is 2.47. The molecule has 0 radical (unpaired) electrons. The molecule has 0 aliphatic carbocycles. The van der Waals surface area contributed by atoms with Crippen LogP contribution in [0, 0.1) is 0 Å². The number of likely N-dealkylation sites (tertiary alicyclic amines) is 1. The molecule has 1 atom stereocenters. The van der Waals surface area contributed by atoms with Crippen molar-refractivity contribution in [2.45, 2.75) is 31.8 Å². The van der Waals surface area contributed by atoms with Gasteiger partial charge in [0.25, 0.3) is 0 Å². The molecule has 78 valence electrons. The molecule has 3 heteroatoms. The Kier molecular flexibility index (Phi) is 4.56. The van der Waals surface area contributed by atoms with Gasteiger partial charge in [-0.2, -0.15) is 11.8 Å². The fourth-order valence-corrected chi connectivity index (χ4v) is 2.20. The summed E-state index contributed by atoms with van der Waals surface area (Å²) in [7, 11) is 0. The van der Waals surface area contributed by atoms with E-state index >= 15 is 0 Å². The molecule has 1 N–H and O–H groups in total. The van der Waals surface area contributed by atoms with Gasteiger partial charge in [0.1, 0.15) is 0 Å². The Hall–Kier alpha value is 0.270. The Balaban J connectivity index is 2.28. The molecule has 0 amide bonds. The highest BCUT2D eigenvalue weighted by Gasteiger charge is 2.24. The number of thioether (sulfide) groups is 1. The van der Waals surface area contributed by atoms with E-state index in [1.54, 1.807) is 0 Å². The van der Waals surface area contributed by atoms with Crippen molar-refractivity contribution in [3.63, 3.8) is 0 Å². The van der Waals surface area contributed by atoms with Crippen molar-refractivity contribution in [2.75, 3.05) is 31.6 Å². The molecule has 0 aromatic carbocycles. The molecule has 1 saturated heterocycles. The van der Waals surface area contributed by atoms with Crippen LogP contribution in [0.1, 0.15) is 26.2 Å². The second-order valence-electron chi connectivity index (χ2n) is 4.18. The van der Waals surface area contributed by atoms with E-state index in [-0.39, 0.29) is 0 Å². The maximum Gasteiger partial charge on any atom is 0.0632 e. The van der Waals surface area contributed by atoms with Gasteiger partial charge >= 0.3 is 0 Å². The van der Waals surface area contributed by atoms with E-state index < -0.39 is 5.60 Å². The zero-order valence-electron chi connectivity index (χ0n) is 8.75. The van der Waals surface area contributed by atoms with Gasteiger partial charge in [0.15, 0.2) is 0 Å². The summed E-state index contributed by atoms with van der Waals surface area (Å²) in [5.74, 6) is 1.21. The number of nitrogens with zero attached hydrogens (tertiary/aromatic N) is 1. The number of hydrogen-bond donors (Lipinski definition) is 1. The molecule has 1 heterocycles. The second-order valence-corrected chi connectivity index (χ2v) is 5.17. The SMILES string of the molecule is CSCCN1CCCC(C)(O)CC1. The van der Waals surface area contributed by atoms with Crippen molar-refractivity contribution in [3.8, 4) is 0 Å². The van der Waals surface area contributed by atoms with Crippen molar-refractivity contribution in [1.29, 1.82) is 0 Å². The molecule has 13 heavy (non-hydrogen) atoms. The summed E-state index contributed by atoms with van der Waals surface area (Å²) in [6.07, 6.45) is 5.18. The summed E-state index contributed by atoms with van der Waals surface area (Å²) < 4.78 is 0. The lowest BCUT2D eigenvalue weighted by Crippen LogP contribution is -2.29. The van der Waals surface area contributed by atoms with E-state index in [1.807, 2.05) is 18.7 Å². The highest BCUT2D eigenvalue weighted by Crippen LogP contribution is 2.21. The first-order chi connectivity index (χ1) is 6.14. The third-order valence-corrected chi connectivity index (χ3v) is 3.36.